The second-order valence-corrected chi connectivity index (χ2v) is 5.16. The first-order valence-electron chi connectivity index (χ1n) is 6.02. The van der Waals surface area contributed by atoms with Crippen LogP contribution < -0.4 is 10.1 Å². The molecule has 0 aliphatic heterocycles. The van der Waals surface area contributed by atoms with Crippen LogP contribution in [0.2, 0.25) is 5.02 Å². The molecule has 0 saturated carbocycles. The summed E-state index contributed by atoms with van der Waals surface area (Å²) in [5.41, 5.74) is 0. The molecule has 1 aromatic carbocycles. The lowest BCUT2D eigenvalue weighted by atomic mass is 10.2. The van der Waals surface area contributed by atoms with Gasteiger partial charge in [0.05, 0.1) is 11.6 Å². The summed E-state index contributed by atoms with van der Waals surface area (Å²) in [7, 11) is 0. The number of halogens is 2. The van der Waals surface area contributed by atoms with Gasteiger partial charge in [-0.3, -0.25) is 0 Å². The molecule has 0 aliphatic carbocycles. The maximum absolute atomic E-state index is 6.05. The van der Waals surface area contributed by atoms with E-state index >= 15 is 0 Å². The Morgan fingerprint density at radius 1 is 1.29 bits per heavy atom. The number of nitrogens with one attached hydrogen (secondary N) is 1. The highest BCUT2D eigenvalue weighted by Crippen LogP contribution is 2.27. The summed E-state index contributed by atoms with van der Waals surface area (Å²) in [5, 5.41) is 3.96. The Balaban J connectivity index is 2.14. The summed E-state index contributed by atoms with van der Waals surface area (Å²) >= 11 is 9.41. The molecule has 0 spiro atoms. The smallest absolute Gasteiger partial charge is 0.137 e. The first-order chi connectivity index (χ1) is 8.24. The predicted octanol–water partition coefficient (Wildman–Crippen LogP) is 4.26. The second-order valence-electron chi connectivity index (χ2n) is 3.84. The fourth-order valence-electron chi connectivity index (χ4n) is 1.48. The zero-order valence-corrected chi connectivity index (χ0v) is 12.5. The van der Waals surface area contributed by atoms with Crippen molar-refractivity contribution in [2.75, 3.05) is 19.7 Å². The molecule has 0 atom stereocenters. The van der Waals surface area contributed by atoms with E-state index in [0.717, 1.165) is 36.3 Å². The molecule has 0 aromatic heterocycles. The Morgan fingerprint density at radius 3 is 2.82 bits per heavy atom. The van der Waals surface area contributed by atoms with E-state index in [0.29, 0.717) is 5.02 Å². The third kappa shape index (κ3) is 6.29. The topological polar surface area (TPSA) is 21.3 Å². The monoisotopic (exact) mass is 319 g/mol. The Bertz CT molecular complexity index is 333. The zero-order valence-electron chi connectivity index (χ0n) is 10.1. The number of hydrogen-bond donors (Lipinski definition) is 1. The lowest BCUT2D eigenvalue weighted by Crippen LogP contribution is -2.14. The van der Waals surface area contributed by atoms with Crippen molar-refractivity contribution in [1.82, 2.24) is 5.32 Å². The van der Waals surface area contributed by atoms with Crippen LogP contribution >= 0.6 is 27.5 Å². The number of rotatable bonds is 8. The van der Waals surface area contributed by atoms with E-state index in [1.165, 1.54) is 12.8 Å². The van der Waals surface area contributed by atoms with Gasteiger partial charge in [-0.15, -0.1) is 0 Å². The van der Waals surface area contributed by atoms with Crippen molar-refractivity contribution in [3.63, 3.8) is 0 Å². The van der Waals surface area contributed by atoms with Crippen LogP contribution in [0.1, 0.15) is 26.2 Å². The maximum atomic E-state index is 6.05. The Hall–Kier alpha value is -0.250. The quantitative estimate of drug-likeness (QED) is 0.723. The number of benzene rings is 1. The normalized spacial score (nSPS) is 10.5. The Kier molecular flexibility index (Phi) is 7.65. The van der Waals surface area contributed by atoms with Gasteiger partial charge < -0.3 is 10.1 Å². The van der Waals surface area contributed by atoms with Crippen LogP contribution in [0.5, 0.6) is 5.75 Å². The largest absolute Gasteiger partial charge is 0.492 e. The number of hydrogen-bond acceptors (Lipinski definition) is 2. The predicted molar refractivity (Wildman–Crippen MR) is 77.0 cm³/mol. The fourth-order valence-corrected chi connectivity index (χ4v) is 2.21. The van der Waals surface area contributed by atoms with Crippen LogP contribution in [0.15, 0.2) is 22.7 Å². The summed E-state index contributed by atoms with van der Waals surface area (Å²) in [6.07, 6.45) is 3.45. The van der Waals surface area contributed by atoms with Crippen LogP contribution in [-0.2, 0) is 0 Å². The van der Waals surface area contributed by atoms with E-state index in [1.54, 1.807) is 0 Å². The SMILES string of the molecule is CCNCCCCCOc1ccc(Br)cc1Cl. The molecule has 0 aliphatic rings. The van der Waals surface area contributed by atoms with Gasteiger partial charge >= 0.3 is 0 Å². The highest BCUT2D eigenvalue weighted by molar-refractivity contribution is 9.10. The summed E-state index contributed by atoms with van der Waals surface area (Å²) in [6.45, 7) is 4.99. The minimum atomic E-state index is 0.659. The van der Waals surface area contributed by atoms with Gasteiger partial charge in [0.2, 0.25) is 0 Å². The van der Waals surface area contributed by atoms with E-state index in [2.05, 4.69) is 28.2 Å². The molecule has 1 N–H and O–H groups in total. The molecule has 4 heteroatoms. The zero-order chi connectivity index (χ0) is 12.5. The summed E-state index contributed by atoms with van der Waals surface area (Å²) in [5.74, 6) is 0.765. The van der Waals surface area contributed by atoms with Gasteiger partial charge in [-0.1, -0.05) is 34.5 Å². The molecule has 0 amide bonds. The van der Waals surface area contributed by atoms with Gasteiger partial charge in [-0.25, -0.2) is 0 Å². The van der Waals surface area contributed by atoms with Crippen molar-refractivity contribution in [2.24, 2.45) is 0 Å². The third-order valence-corrected chi connectivity index (χ3v) is 3.19. The van der Waals surface area contributed by atoms with E-state index in [-0.39, 0.29) is 0 Å². The first-order valence-corrected chi connectivity index (χ1v) is 7.19. The second kappa shape index (κ2) is 8.78. The molecule has 17 heavy (non-hydrogen) atoms. The van der Waals surface area contributed by atoms with Crippen LogP contribution in [0, 0.1) is 0 Å². The van der Waals surface area contributed by atoms with Gasteiger partial charge in [0.15, 0.2) is 0 Å². The van der Waals surface area contributed by atoms with Gasteiger partial charge in [0.25, 0.3) is 0 Å². The van der Waals surface area contributed by atoms with E-state index < -0.39 is 0 Å². The van der Waals surface area contributed by atoms with Crippen LogP contribution in [0.25, 0.3) is 0 Å². The molecular formula is C13H19BrClNO. The highest BCUT2D eigenvalue weighted by Gasteiger charge is 2.01. The standard InChI is InChI=1S/C13H19BrClNO/c1-2-16-8-4-3-5-9-17-13-7-6-11(14)10-12(13)15/h6-7,10,16H,2-5,8-9H2,1H3. The highest BCUT2D eigenvalue weighted by atomic mass is 79.9. The lowest BCUT2D eigenvalue weighted by molar-refractivity contribution is 0.305. The lowest BCUT2D eigenvalue weighted by Gasteiger charge is -2.08. The van der Waals surface area contributed by atoms with E-state index in [9.17, 15) is 0 Å². The van der Waals surface area contributed by atoms with Gasteiger partial charge in [0, 0.05) is 4.47 Å². The van der Waals surface area contributed by atoms with Crippen molar-refractivity contribution in [3.05, 3.63) is 27.7 Å². The van der Waals surface area contributed by atoms with Crippen LogP contribution in [-0.4, -0.2) is 19.7 Å². The summed E-state index contributed by atoms with van der Waals surface area (Å²) in [6, 6.07) is 5.68. The van der Waals surface area contributed by atoms with Gasteiger partial charge in [-0.05, 0) is 50.6 Å². The molecule has 0 unspecified atom stereocenters. The molecular weight excluding hydrogens is 302 g/mol. The van der Waals surface area contributed by atoms with Crippen molar-refractivity contribution in [1.29, 1.82) is 0 Å². The summed E-state index contributed by atoms with van der Waals surface area (Å²) < 4.78 is 6.60. The third-order valence-electron chi connectivity index (χ3n) is 2.40. The average molecular weight is 321 g/mol. The Morgan fingerprint density at radius 2 is 2.12 bits per heavy atom. The molecule has 0 heterocycles. The first kappa shape index (κ1) is 14.8. The minimum Gasteiger partial charge on any atom is -0.492 e. The molecule has 2 nitrogen and oxygen atoms in total. The van der Waals surface area contributed by atoms with E-state index in [4.69, 9.17) is 16.3 Å². The number of unbranched alkanes of at least 4 members (excludes halogenated alkanes) is 2. The average Bonchev–Trinajstić information content (AvgIpc) is 2.30. The summed E-state index contributed by atoms with van der Waals surface area (Å²) in [4.78, 5) is 0. The van der Waals surface area contributed by atoms with Crippen LogP contribution in [0.4, 0.5) is 0 Å². The van der Waals surface area contributed by atoms with E-state index in [1.807, 2.05) is 18.2 Å². The van der Waals surface area contributed by atoms with Gasteiger partial charge in [-0.2, -0.15) is 0 Å². The van der Waals surface area contributed by atoms with Crippen molar-refractivity contribution in [2.45, 2.75) is 26.2 Å². The molecule has 0 bridgehead atoms. The molecule has 96 valence electrons. The minimum absolute atomic E-state index is 0.659. The molecule has 0 fully saturated rings. The fraction of sp³-hybridized carbons (Fsp3) is 0.538. The van der Waals surface area contributed by atoms with Crippen LogP contribution in [0.3, 0.4) is 0 Å². The van der Waals surface area contributed by atoms with Crippen molar-refractivity contribution in [3.8, 4) is 5.75 Å². The molecule has 0 saturated heterocycles. The maximum Gasteiger partial charge on any atom is 0.137 e. The Labute approximate surface area is 117 Å². The number of ether oxygens (including phenoxy) is 1. The molecule has 1 aromatic rings. The van der Waals surface area contributed by atoms with Crippen molar-refractivity contribution < 1.29 is 4.74 Å². The van der Waals surface area contributed by atoms with Gasteiger partial charge in [0.1, 0.15) is 5.75 Å². The van der Waals surface area contributed by atoms with Crippen molar-refractivity contribution >= 4 is 27.5 Å². The molecule has 1 rings (SSSR count). The molecule has 0 radical (unpaired) electrons.